The van der Waals surface area contributed by atoms with Gasteiger partial charge in [0, 0.05) is 24.5 Å². The number of nitriles is 1. The highest BCUT2D eigenvalue weighted by Gasteiger charge is 2.03. The number of hydrogen-bond acceptors (Lipinski definition) is 3. The second kappa shape index (κ2) is 4.34. The van der Waals surface area contributed by atoms with Crippen molar-refractivity contribution in [3.05, 3.63) is 59.7 Å². The molecule has 0 saturated heterocycles. The Morgan fingerprint density at radius 1 is 1.07 bits per heavy atom. The summed E-state index contributed by atoms with van der Waals surface area (Å²) >= 11 is 0. The molecule has 72 valence electrons. The lowest BCUT2D eigenvalue weighted by molar-refractivity contribution is 1.04. The minimum absolute atomic E-state index is 0.475. The van der Waals surface area contributed by atoms with Gasteiger partial charge in [-0.1, -0.05) is 12.1 Å². The molecule has 0 N–H and O–H groups in total. The van der Waals surface area contributed by atoms with Crippen molar-refractivity contribution in [2.45, 2.75) is 6.42 Å². The van der Waals surface area contributed by atoms with Crippen LogP contribution in [0.5, 0.6) is 0 Å². The lowest BCUT2D eigenvalue weighted by Gasteiger charge is -2.01. The van der Waals surface area contributed by atoms with Crippen molar-refractivity contribution in [3.63, 3.8) is 0 Å². The van der Waals surface area contributed by atoms with Crippen LogP contribution in [0.15, 0.2) is 42.7 Å². The molecule has 2 aromatic rings. The molecule has 0 unspecified atom stereocenters. The summed E-state index contributed by atoms with van der Waals surface area (Å²) in [7, 11) is 0. The van der Waals surface area contributed by atoms with Gasteiger partial charge in [0.05, 0.1) is 0 Å². The van der Waals surface area contributed by atoms with Crippen molar-refractivity contribution in [2.75, 3.05) is 0 Å². The minimum Gasteiger partial charge on any atom is -0.261 e. The van der Waals surface area contributed by atoms with Crippen molar-refractivity contribution in [1.82, 2.24) is 9.97 Å². The molecule has 2 rings (SSSR count). The van der Waals surface area contributed by atoms with Crippen LogP contribution in [0.2, 0.25) is 0 Å². The second-order valence-corrected chi connectivity index (χ2v) is 3.12. The predicted octanol–water partition coefficient (Wildman–Crippen LogP) is 1.94. The van der Waals surface area contributed by atoms with Crippen LogP contribution in [0.4, 0.5) is 0 Å². The molecule has 3 heteroatoms. The highest BCUT2D eigenvalue weighted by Crippen LogP contribution is 2.09. The Bertz CT molecular complexity index is 486. The zero-order valence-electron chi connectivity index (χ0n) is 8.09. The first-order chi connectivity index (χ1) is 7.40. The molecule has 0 spiro atoms. The monoisotopic (exact) mass is 195 g/mol. The maximum absolute atomic E-state index is 8.86. The first-order valence-electron chi connectivity index (χ1n) is 4.64. The molecule has 3 nitrogen and oxygen atoms in total. The molecule has 0 saturated carbocycles. The van der Waals surface area contributed by atoms with E-state index in [1.807, 2.05) is 30.3 Å². The third-order valence-corrected chi connectivity index (χ3v) is 2.09. The van der Waals surface area contributed by atoms with E-state index in [1.165, 1.54) is 0 Å². The van der Waals surface area contributed by atoms with Gasteiger partial charge in [0.15, 0.2) is 0 Å². The van der Waals surface area contributed by atoms with E-state index in [9.17, 15) is 0 Å². The molecule has 0 fully saturated rings. The zero-order valence-corrected chi connectivity index (χ0v) is 8.09. The highest BCUT2D eigenvalue weighted by atomic mass is 14.7. The summed E-state index contributed by atoms with van der Waals surface area (Å²) in [6.45, 7) is 0. The van der Waals surface area contributed by atoms with Gasteiger partial charge in [-0.05, 0) is 23.8 Å². The molecular formula is C12H9N3. The van der Waals surface area contributed by atoms with Gasteiger partial charge in [0.1, 0.15) is 11.8 Å². The fraction of sp³-hybridized carbons (Fsp3) is 0.0833. The van der Waals surface area contributed by atoms with E-state index in [1.54, 1.807) is 12.4 Å². The average Bonchev–Trinajstić information content (AvgIpc) is 2.31. The summed E-state index contributed by atoms with van der Waals surface area (Å²) in [4.78, 5) is 8.22. The first kappa shape index (κ1) is 9.35. The quantitative estimate of drug-likeness (QED) is 0.735. The van der Waals surface area contributed by atoms with Crippen LogP contribution in [0.25, 0.3) is 0 Å². The second-order valence-electron chi connectivity index (χ2n) is 3.12. The van der Waals surface area contributed by atoms with Gasteiger partial charge >= 0.3 is 0 Å². The van der Waals surface area contributed by atoms with Gasteiger partial charge in [-0.2, -0.15) is 5.26 Å². The van der Waals surface area contributed by atoms with Crippen molar-refractivity contribution in [3.8, 4) is 6.07 Å². The van der Waals surface area contributed by atoms with Crippen molar-refractivity contribution < 1.29 is 0 Å². The number of rotatable bonds is 2. The Morgan fingerprint density at radius 2 is 1.93 bits per heavy atom. The summed E-state index contributed by atoms with van der Waals surface area (Å²) in [6, 6.07) is 11.6. The van der Waals surface area contributed by atoms with Crippen LogP contribution < -0.4 is 0 Å². The fourth-order valence-corrected chi connectivity index (χ4v) is 1.38. The molecule has 0 atom stereocenters. The van der Waals surface area contributed by atoms with Crippen LogP contribution in [-0.2, 0) is 6.42 Å². The molecule has 0 aliphatic heterocycles. The third kappa shape index (κ3) is 2.18. The van der Waals surface area contributed by atoms with E-state index in [-0.39, 0.29) is 0 Å². The Labute approximate surface area is 88.1 Å². The summed E-state index contributed by atoms with van der Waals surface area (Å²) in [6.07, 6.45) is 4.02. The minimum atomic E-state index is 0.475. The third-order valence-electron chi connectivity index (χ3n) is 2.09. The number of hydrogen-bond donors (Lipinski definition) is 0. The van der Waals surface area contributed by atoms with Crippen LogP contribution >= 0.6 is 0 Å². The van der Waals surface area contributed by atoms with Gasteiger partial charge in [0.25, 0.3) is 0 Å². The Hall–Kier alpha value is -2.21. The maximum atomic E-state index is 8.86. The summed E-state index contributed by atoms with van der Waals surface area (Å²) in [5, 5.41) is 8.86. The lowest BCUT2D eigenvalue weighted by atomic mass is 10.1. The van der Waals surface area contributed by atoms with E-state index < -0.39 is 0 Å². The molecule has 2 aromatic heterocycles. The number of pyridine rings is 2. The average molecular weight is 195 g/mol. The van der Waals surface area contributed by atoms with E-state index >= 15 is 0 Å². The van der Waals surface area contributed by atoms with Crippen molar-refractivity contribution in [1.29, 1.82) is 5.26 Å². The largest absolute Gasteiger partial charge is 0.261 e. The van der Waals surface area contributed by atoms with Crippen LogP contribution in [-0.4, -0.2) is 9.97 Å². The van der Waals surface area contributed by atoms with E-state index in [0.29, 0.717) is 12.1 Å². The van der Waals surface area contributed by atoms with Gasteiger partial charge in [-0.15, -0.1) is 0 Å². The van der Waals surface area contributed by atoms with Gasteiger partial charge in [0.2, 0.25) is 0 Å². The van der Waals surface area contributed by atoms with Crippen LogP contribution in [0.1, 0.15) is 17.0 Å². The molecule has 0 radical (unpaired) electrons. The molecule has 0 aliphatic rings. The van der Waals surface area contributed by atoms with Crippen LogP contribution in [0, 0.1) is 11.3 Å². The molecule has 0 amide bonds. The van der Waals surface area contributed by atoms with Crippen molar-refractivity contribution >= 4 is 0 Å². The molecule has 0 bridgehead atoms. The standard InChI is InChI=1S/C12H9N3/c13-9-12-10(4-3-7-15-12)8-11-5-1-2-6-14-11/h1-7H,8H2. The zero-order chi connectivity index (χ0) is 10.5. The molecule has 2 heterocycles. The van der Waals surface area contributed by atoms with E-state index in [4.69, 9.17) is 5.26 Å². The van der Waals surface area contributed by atoms with Crippen LogP contribution in [0.3, 0.4) is 0 Å². The molecular weight excluding hydrogens is 186 g/mol. The normalized spacial score (nSPS) is 9.53. The first-order valence-corrected chi connectivity index (χ1v) is 4.64. The molecule has 15 heavy (non-hydrogen) atoms. The fourth-order valence-electron chi connectivity index (χ4n) is 1.38. The van der Waals surface area contributed by atoms with Gasteiger partial charge in [-0.25, -0.2) is 4.98 Å². The smallest absolute Gasteiger partial charge is 0.144 e. The molecule has 0 aromatic carbocycles. The van der Waals surface area contributed by atoms with Gasteiger partial charge < -0.3 is 0 Å². The maximum Gasteiger partial charge on any atom is 0.144 e. The summed E-state index contributed by atoms with van der Waals surface area (Å²) in [5.74, 6) is 0. The Morgan fingerprint density at radius 3 is 2.67 bits per heavy atom. The summed E-state index contributed by atoms with van der Waals surface area (Å²) in [5.41, 5.74) is 2.34. The number of nitrogens with zero attached hydrogens (tertiary/aromatic N) is 3. The van der Waals surface area contributed by atoms with Gasteiger partial charge in [-0.3, -0.25) is 4.98 Å². The topological polar surface area (TPSA) is 49.6 Å². The summed E-state index contributed by atoms with van der Waals surface area (Å²) < 4.78 is 0. The lowest BCUT2D eigenvalue weighted by Crippen LogP contribution is -1.96. The van der Waals surface area contributed by atoms with E-state index in [2.05, 4.69) is 16.0 Å². The molecule has 0 aliphatic carbocycles. The number of aromatic nitrogens is 2. The van der Waals surface area contributed by atoms with E-state index in [0.717, 1.165) is 11.3 Å². The SMILES string of the molecule is N#Cc1ncccc1Cc1ccccn1. The predicted molar refractivity (Wildman–Crippen MR) is 56.0 cm³/mol. The highest BCUT2D eigenvalue weighted by molar-refractivity contribution is 5.33. The Balaban J connectivity index is 2.29. The van der Waals surface area contributed by atoms with Crippen molar-refractivity contribution in [2.24, 2.45) is 0 Å². The Kier molecular flexibility index (Phi) is 2.70.